The minimum absolute atomic E-state index is 0.158. The zero-order chi connectivity index (χ0) is 13.1. The Morgan fingerprint density at radius 1 is 1.39 bits per heavy atom. The van der Waals surface area contributed by atoms with Gasteiger partial charge in [0.2, 0.25) is 11.7 Å². The first-order valence-corrected chi connectivity index (χ1v) is 5.95. The largest absolute Gasteiger partial charge is 0.484 e. The Bertz CT molecular complexity index is 557. The molecule has 7 heteroatoms. The van der Waals surface area contributed by atoms with Crippen LogP contribution in [0.2, 0.25) is 10.0 Å². The summed E-state index contributed by atoms with van der Waals surface area (Å²) in [5.41, 5.74) is 6.34. The van der Waals surface area contributed by atoms with E-state index in [4.69, 9.17) is 38.2 Å². The fourth-order valence-corrected chi connectivity index (χ4v) is 2.05. The predicted molar refractivity (Wildman–Crippen MR) is 67.7 cm³/mol. The zero-order valence-corrected chi connectivity index (χ0v) is 11.1. The summed E-state index contributed by atoms with van der Waals surface area (Å²) < 4.78 is 10.4. The van der Waals surface area contributed by atoms with Crippen molar-refractivity contribution in [1.82, 2.24) is 10.1 Å². The van der Waals surface area contributed by atoms with E-state index in [0.717, 1.165) is 5.56 Å². The van der Waals surface area contributed by atoms with E-state index in [-0.39, 0.29) is 13.2 Å². The highest BCUT2D eigenvalue weighted by molar-refractivity contribution is 6.35. The summed E-state index contributed by atoms with van der Waals surface area (Å²) in [6.07, 6.45) is 0. The maximum atomic E-state index is 6.06. The molecule has 0 saturated carbocycles. The summed E-state index contributed by atoms with van der Waals surface area (Å²) in [5.74, 6) is 1.42. The van der Waals surface area contributed by atoms with Gasteiger partial charge >= 0.3 is 0 Å². The van der Waals surface area contributed by atoms with Crippen LogP contribution in [0.25, 0.3) is 0 Å². The molecule has 2 rings (SSSR count). The highest BCUT2D eigenvalue weighted by Crippen LogP contribution is 2.32. The van der Waals surface area contributed by atoms with Gasteiger partial charge in [-0.1, -0.05) is 28.4 Å². The van der Waals surface area contributed by atoms with Crippen LogP contribution >= 0.6 is 23.2 Å². The van der Waals surface area contributed by atoms with Gasteiger partial charge in [-0.15, -0.1) is 0 Å². The summed E-state index contributed by atoms with van der Waals surface area (Å²) in [4.78, 5) is 4.03. The Labute approximate surface area is 114 Å². The monoisotopic (exact) mass is 287 g/mol. The molecule has 2 aromatic rings. The third-order valence-corrected chi connectivity index (χ3v) is 2.72. The zero-order valence-electron chi connectivity index (χ0n) is 9.61. The van der Waals surface area contributed by atoms with Crippen molar-refractivity contribution in [3.63, 3.8) is 0 Å². The Hall–Kier alpha value is -1.30. The van der Waals surface area contributed by atoms with Crippen LogP contribution < -0.4 is 10.5 Å². The van der Waals surface area contributed by atoms with E-state index in [9.17, 15) is 0 Å². The Balaban J connectivity index is 2.18. The second kappa shape index (κ2) is 5.56. The number of benzene rings is 1. The average molecular weight is 288 g/mol. The average Bonchev–Trinajstić information content (AvgIpc) is 2.73. The molecule has 0 aliphatic heterocycles. The van der Waals surface area contributed by atoms with Crippen LogP contribution in [0.1, 0.15) is 17.3 Å². The molecule has 1 aromatic carbocycles. The fraction of sp³-hybridized carbons (Fsp3) is 0.273. The third kappa shape index (κ3) is 2.93. The lowest BCUT2D eigenvalue weighted by Gasteiger charge is -2.11. The van der Waals surface area contributed by atoms with E-state index in [0.29, 0.717) is 27.5 Å². The van der Waals surface area contributed by atoms with Crippen molar-refractivity contribution in [1.29, 1.82) is 0 Å². The molecular formula is C11H11Cl2N3O2. The second-order valence-electron chi connectivity index (χ2n) is 3.60. The molecule has 1 aromatic heterocycles. The van der Waals surface area contributed by atoms with Gasteiger partial charge in [-0.3, -0.25) is 0 Å². The van der Waals surface area contributed by atoms with Gasteiger partial charge in [-0.05, 0) is 12.1 Å². The van der Waals surface area contributed by atoms with Crippen LogP contribution in [0.3, 0.4) is 0 Å². The van der Waals surface area contributed by atoms with Crippen LogP contribution in [-0.4, -0.2) is 10.1 Å². The summed E-state index contributed by atoms with van der Waals surface area (Å²) >= 11 is 11.9. The molecule has 96 valence electrons. The van der Waals surface area contributed by atoms with Crippen molar-refractivity contribution >= 4 is 23.2 Å². The van der Waals surface area contributed by atoms with Crippen molar-refractivity contribution < 1.29 is 9.26 Å². The van der Waals surface area contributed by atoms with Gasteiger partial charge in [-0.2, -0.15) is 4.98 Å². The molecule has 0 radical (unpaired) electrons. The Kier molecular flexibility index (Phi) is 4.06. The van der Waals surface area contributed by atoms with Crippen molar-refractivity contribution in [2.45, 2.75) is 20.1 Å². The number of hydrogen-bond acceptors (Lipinski definition) is 5. The summed E-state index contributed by atoms with van der Waals surface area (Å²) in [6, 6.07) is 3.31. The molecule has 0 aliphatic carbocycles. The van der Waals surface area contributed by atoms with Crippen molar-refractivity contribution in [2.24, 2.45) is 5.73 Å². The van der Waals surface area contributed by atoms with E-state index >= 15 is 0 Å². The van der Waals surface area contributed by atoms with Crippen LogP contribution in [0, 0.1) is 6.92 Å². The maximum Gasteiger partial charge on any atom is 0.223 e. The molecule has 0 amide bonds. The minimum Gasteiger partial charge on any atom is -0.484 e. The van der Waals surface area contributed by atoms with E-state index in [1.165, 1.54) is 0 Å². The lowest BCUT2D eigenvalue weighted by Crippen LogP contribution is -2.04. The first kappa shape index (κ1) is 13.1. The highest BCUT2D eigenvalue weighted by Gasteiger charge is 2.11. The molecule has 18 heavy (non-hydrogen) atoms. The smallest absolute Gasteiger partial charge is 0.223 e. The van der Waals surface area contributed by atoms with Gasteiger partial charge in [0, 0.05) is 24.1 Å². The van der Waals surface area contributed by atoms with E-state index in [2.05, 4.69) is 10.1 Å². The number of nitrogens with two attached hydrogens (primary N) is 1. The topological polar surface area (TPSA) is 74.2 Å². The number of hydrogen-bond donors (Lipinski definition) is 1. The quantitative estimate of drug-likeness (QED) is 0.936. The summed E-state index contributed by atoms with van der Waals surface area (Å²) in [5, 5.41) is 4.64. The summed E-state index contributed by atoms with van der Waals surface area (Å²) in [7, 11) is 0. The number of halogens is 2. The van der Waals surface area contributed by atoms with Crippen LogP contribution in [0.5, 0.6) is 5.75 Å². The summed E-state index contributed by atoms with van der Waals surface area (Å²) in [6.45, 7) is 2.14. The van der Waals surface area contributed by atoms with Gasteiger partial charge in [0.1, 0.15) is 5.75 Å². The molecule has 0 bridgehead atoms. The van der Waals surface area contributed by atoms with Gasteiger partial charge in [-0.25, -0.2) is 0 Å². The van der Waals surface area contributed by atoms with Crippen LogP contribution in [-0.2, 0) is 13.2 Å². The van der Waals surface area contributed by atoms with E-state index in [1.807, 2.05) is 0 Å². The first-order chi connectivity index (χ1) is 8.60. The number of rotatable bonds is 4. The van der Waals surface area contributed by atoms with Gasteiger partial charge < -0.3 is 15.0 Å². The lowest BCUT2D eigenvalue weighted by atomic mass is 10.2. The number of nitrogens with zero attached hydrogens (tertiary/aromatic N) is 2. The van der Waals surface area contributed by atoms with E-state index in [1.54, 1.807) is 19.1 Å². The van der Waals surface area contributed by atoms with Gasteiger partial charge in [0.05, 0.1) is 5.02 Å². The molecule has 0 aliphatic rings. The SMILES string of the molecule is Cc1nc(COc2c(Cl)cc(Cl)cc2CN)no1. The number of aromatic nitrogens is 2. The van der Waals surface area contributed by atoms with Crippen molar-refractivity contribution in [3.05, 3.63) is 39.5 Å². The molecule has 0 atom stereocenters. The molecular weight excluding hydrogens is 277 g/mol. The first-order valence-electron chi connectivity index (χ1n) is 5.20. The normalized spacial score (nSPS) is 10.7. The lowest BCUT2D eigenvalue weighted by molar-refractivity contribution is 0.283. The van der Waals surface area contributed by atoms with Crippen LogP contribution in [0.15, 0.2) is 16.7 Å². The molecule has 0 spiro atoms. The third-order valence-electron chi connectivity index (χ3n) is 2.22. The molecule has 2 N–H and O–H groups in total. The number of ether oxygens (including phenoxy) is 1. The standard InChI is InChI=1S/C11H11Cl2N3O2/c1-6-15-10(16-18-6)5-17-11-7(4-14)2-8(12)3-9(11)13/h2-3H,4-5,14H2,1H3. The minimum atomic E-state index is 0.158. The predicted octanol–water partition coefficient (Wildman–Crippen LogP) is 2.72. The molecule has 5 nitrogen and oxygen atoms in total. The van der Waals surface area contributed by atoms with Gasteiger partial charge in [0.15, 0.2) is 6.61 Å². The van der Waals surface area contributed by atoms with Crippen molar-refractivity contribution in [3.8, 4) is 5.75 Å². The molecule has 0 saturated heterocycles. The molecule has 1 heterocycles. The highest BCUT2D eigenvalue weighted by atomic mass is 35.5. The maximum absolute atomic E-state index is 6.06. The van der Waals surface area contributed by atoms with Gasteiger partial charge in [0.25, 0.3) is 0 Å². The fourth-order valence-electron chi connectivity index (χ4n) is 1.46. The van der Waals surface area contributed by atoms with Crippen molar-refractivity contribution in [2.75, 3.05) is 0 Å². The van der Waals surface area contributed by atoms with Crippen LogP contribution in [0.4, 0.5) is 0 Å². The van der Waals surface area contributed by atoms with E-state index < -0.39 is 0 Å². The second-order valence-corrected chi connectivity index (χ2v) is 4.44. The molecule has 0 unspecified atom stereocenters. The molecule has 0 fully saturated rings. The Morgan fingerprint density at radius 3 is 2.78 bits per heavy atom. The number of aryl methyl sites for hydroxylation is 1. The Morgan fingerprint density at radius 2 is 2.17 bits per heavy atom.